The number of hydrogen-bond acceptors (Lipinski definition) is 3. The SMILES string of the molecule is O=C(NN=Cc1cccc(I)c1)c1cc(Br)ccc1O. The molecule has 0 unspecified atom stereocenters. The third-order valence-electron chi connectivity index (χ3n) is 2.43. The van der Waals surface area contributed by atoms with Gasteiger partial charge in [-0.2, -0.15) is 5.10 Å². The molecular weight excluding hydrogens is 435 g/mol. The number of rotatable bonds is 3. The molecule has 0 aliphatic carbocycles. The van der Waals surface area contributed by atoms with Crippen molar-refractivity contribution in [2.24, 2.45) is 5.10 Å². The smallest absolute Gasteiger partial charge is 0.275 e. The largest absolute Gasteiger partial charge is 0.507 e. The van der Waals surface area contributed by atoms with Gasteiger partial charge < -0.3 is 5.11 Å². The molecule has 0 fully saturated rings. The second-order valence-corrected chi connectivity index (χ2v) is 6.08. The van der Waals surface area contributed by atoms with E-state index in [0.717, 1.165) is 9.13 Å². The summed E-state index contributed by atoms with van der Waals surface area (Å²) >= 11 is 5.45. The van der Waals surface area contributed by atoms with Crippen LogP contribution in [0, 0.1) is 3.57 Å². The van der Waals surface area contributed by atoms with Crippen LogP contribution >= 0.6 is 38.5 Å². The first-order chi connectivity index (χ1) is 9.56. The van der Waals surface area contributed by atoms with Crippen LogP contribution in [0.5, 0.6) is 5.75 Å². The third kappa shape index (κ3) is 4.04. The van der Waals surface area contributed by atoms with E-state index < -0.39 is 5.91 Å². The van der Waals surface area contributed by atoms with E-state index in [9.17, 15) is 9.90 Å². The number of phenolic OH excluding ortho intramolecular Hbond substituents is 1. The summed E-state index contributed by atoms with van der Waals surface area (Å²) in [6, 6.07) is 12.3. The topological polar surface area (TPSA) is 61.7 Å². The Labute approximate surface area is 138 Å². The van der Waals surface area contributed by atoms with Crippen molar-refractivity contribution >= 4 is 50.6 Å². The molecule has 0 aromatic heterocycles. The number of carbonyl (C=O) groups is 1. The summed E-state index contributed by atoms with van der Waals surface area (Å²) in [5, 5.41) is 13.5. The lowest BCUT2D eigenvalue weighted by Crippen LogP contribution is -2.17. The van der Waals surface area contributed by atoms with E-state index in [0.29, 0.717) is 4.47 Å². The molecule has 0 bridgehead atoms. The number of halogens is 2. The minimum atomic E-state index is -0.467. The van der Waals surface area contributed by atoms with Gasteiger partial charge in [-0.15, -0.1) is 0 Å². The number of nitrogens with zero attached hydrogens (tertiary/aromatic N) is 1. The van der Waals surface area contributed by atoms with Gasteiger partial charge in [0.25, 0.3) is 5.91 Å². The molecule has 102 valence electrons. The van der Waals surface area contributed by atoms with Gasteiger partial charge >= 0.3 is 0 Å². The van der Waals surface area contributed by atoms with Crippen LogP contribution in [0.1, 0.15) is 15.9 Å². The summed E-state index contributed by atoms with van der Waals surface area (Å²) in [4.78, 5) is 11.9. The van der Waals surface area contributed by atoms with Gasteiger partial charge in [0.2, 0.25) is 0 Å². The molecule has 2 rings (SSSR count). The van der Waals surface area contributed by atoms with Gasteiger partial charge in [-0.25, -0.2) is 5.43 Å². The highest BCUT2D eigenvalue weighted by molar-refractivity contribution is 14.1. The Morgan fingerprint density at radius 2 is 2.10 bits per heavy atom. The molecule has 1 amide bonds. The average Bonchev–Trinajstić information content (AvgIpc) is 2.41. The normalized spacial score (nSPS) is 10.7. The van der Waals surface area contributed by atoms with Crippen molar-refractivity contribution in [1.29, 1.82) is 0 Å². The molecule has 0 aliphatic heterocycles. The van der Waals surface area contributed by atoms with Gasteiger partial charge in [0.05, 0.1) is 11.8 Å². The van der Waals surface area contributed by atoms with E-state index in [1.807, 2.05) is 24.3 Å². The fraction of sp³-hybridized carbons (Fsp3) is 0. The van der Waals surface area contributed by atoms with Gasteiger partial charge in [0.1, 0.15) is 5.75 Å². The molecule has 6 heteroatoms. The molecule has 0 atom stereocenters. The fourth-order valence-corrected chi connectivity index (χ4v) is 2.43. The second-order valence-electron chi connectivity index (χ2n) is 3.92. The molecule has 0 saturated carbocycles. The summed E-state index contributed by atoms with van der Waals surface area (Å²) in [6.45, 7) is 0. The van der Waals surface area contributed by atoms with Gasteiger partial charge in [0, 0.05) is 8.04 Å². The molecule has 4 nitrogen and oxygen atoms in total. The second kappa shape index (κ2) is 6.85. The Kier molecular flexibility index (Phi) is 5.13. The number of amides is 1. The number of hydrogen-bond donors (Lipinski definition) is 2. The Hall–Kier alpha value is -1.41. The van der Waals surface area contributed by atoms with Crippen LogP contribution < -0.4 is 5.43 Å². The molecule has 2 aromatic rings. The highest BCUT2D eigenvalue weighted by Crippen LogP contribution is 2.21. The Bertz CT molecular complexity index is 674. The highest BCUT2D eigenvalue weighted by Gasteiger charge is 2.10. The number of nitrogens with one attached hydrogen (secondary N) is 1. The van der Waals surface area contributed by atoms with E-state index in [-0.39, 0.29) is 11.3 Å². The van der Waals surface area contributed by atoms with E-state index in [1.54, 1.807) is 12.3 Å². The van der Waals surface area contributed by atoms with Crippen LogP contribution in [0.25, 0.3) is 0 Å². The molecule has 0 saturated heterocycles. The maximum absolute atomic E-state index is 11.9. The molecule has 0 radical (unpaired) electrons. The number of benzene rings is 2. The lowest BCUT2D eigenvalue weighted by molar-refractivity contribution is 0.0952. The molecule has 2 N–H and O–H groups in total. The lowest BCUT2D eigenvalue weighted by Gasteiger charge is -2.03. The first-order valence-corrected chi connectivity index (χ1v) is 7.51. The maximum atomic E-state index is 11.9. The Balaban J connectivity index is 2.07. The van der Waals surface area contributed by atoms with Crippen molar-refractivity contribution in [3.8, 4) is 5.75 Å². The van der Waals surface area contributed by atoms with Crippen molar-refractivity contribution in [2.75, 3.05) is 0 Å². The molecule has 0 aliphatic rings. The average molecular weight is 445 g/mol. The Morgan fingerprint density at radius 1 is 1.30 bits per heavy atom. The summed E-state index contributed by atoms with van der Waals surface area (Å²) < 4.78 is 1.80. The van der Waals surface area contributed by atoms with Crippen LogP contribution in [0.3, 0.4) is 0 Å². The summed E-state index contributed by atoms with van der Waals surface area (Å²) in [5.41, 5.74) is 3.43. The number of hydrazone groups is 1. The van der Waals surface area contributed by atoms with Crippen molar-refractivity contribution in [3.63, 3.8) is 0 Å². The zero-order chi connectivity index (χ0) is 14.5. The first kappa shape index (κ1) is 15.0. The highest BCUT2D eigenvalue weighted by atomic mass is 127. The van der Waals surface area contributed by atoms with Gasteiger partial charge in [-0.1, -0.05) is 28.1 Å². The lowest BCUT2D eigenvalue weighted by atomic mass is 10.2. The molecule has 20 heavy (non-hydrogen) atoms. The minimum Gasteiger partial charge on any atom is -0.507 e. The quantitative estimate of drug-likeness (QED) is 0.432. The predicted octanol–water partition coefficient (Wildman–Crippen LogP) is 3.52. The van der Waals surface area contributed by atoms with Crippen molar-refractivity contribution in [3.05, 3.63) is 61.6 Å². The van der Waals surface area contributed by atoms with Gasteiger partial charge in [-0.05, 0) is 58.5 Å². The summed E-state index contributed by atoms with van der Waals surface area (Å²) in [5.74, 6) is -0.555. The van der Waals surface area contributed by atoms with Crippen molar-refractivity contribution in [2.45, 2.75) is 0 Å². The zero-order valence-corrected chi connectivity index (χ0v) is 13.9. The number of carbonyl (C=O) groups excluding carboxylic acids is 1. The van der Waals surface area contributed by atoms with Gasteiger partial charge in [0.15, 0.2) is 0 Å². The van der Waals surface area contributed by atoms with Gasteiger partial charge in [-0.3, -0.25) is 4.79 Å². The first-order valence-electron chi connectivity index (χ1n) is 5.64. The Morgan fingerprint density at radius 3 is 2.85 bits per heavy atom. The molecule has 0 spiro atoms. The van der Waals surface area contributed by atoms with Crippen LogP contribution in [0.4, 0.5) is 0 Å². The zero-order valence-electron chi connectivity index (χ0n) is 10.2. The predicted molar refractivity (Wildman–Crippen MR) is 90.0 cm³/mol. The van der Waals surface area contributed by atoms with E-state index in [2.05, 4.69) is 49.0 Å². The van der Waals surface area contributed by atoms with E-state index in [4.69, 9.17) is 0 Å². The molecule has 0 heterocycles. The molecule has 2 aromatic carbocycles. The standard InChI is InChI=1S/C14H10BrIN2O2/c15-10-4-5-13(19)12(7-10)14(20)18-17-8-9-2-1-3-11(16)6-9/h1-8,19H,(H,18,20). The number of phenols is 1. The van der Waals surface area contributed by atoms with Crippen LogP contribution in [-0.2, 0) is 0 Å². The number of aromatic hydroxyl groups is 1. The van der Waals surface area contributed by atoms with E-state index in [1.165, 1.54) is 12.1 Å². The molecular formula is C14H10BrIN2O2. The van der Waals surface area contributed by atoms with Crippen molar-refractivity contribution in [1.82, 2.24) is 5.43 Å². The van der Waals surface area contributed by atoms with E-state index >= 15 is 0 Å². The summed E-state index contributed by atoms with van der Waals surface area (Å²) in [7, 11) is 0. The fourth-order valence-electron chi connectivity index (χ4n) is 1.50. The van der Waals surface area contributed by atoms with Crippen molar-refractivity contribution < 1.29 is 9.90 Å². The van der Waals surface area contributed by atoms with Crippen LogP contribution in [0.2, 0.25) is 0 Å². The van der Waals surface area contributed by atoms with Crippen LogP contribution in [0.15, 0.2) is 52.0 Å². The van der Waals surface area contributed by atoms with Crippen LogP contribution in [-0.4, -0.2) is 17.2 Å². The monoisotopic (exact) mass is 444 g/mol. The third-order valence-corrected chi connectivity index (χ3v) is 3.60. The minimum absolute atomic E-state index is 0.0878. The maximum Gasteiger partial charge on any atom is 0.275 e. The summed E-state index contributed by atoms with van der Waals surface area (Å²) in [6.07, 6.45) is 1.55.